The topological polar surface area (TPSA) is 79.8 Å². The number of nitrogens with zero attached hydrogens (tertiary/aromatic N) is 2. The van der Waals surface area contributed by atoms with Gasteiger partial charge in [0.2, 0.25) is 0 Å². The van der Waals surface area contributed by atoms with Crippen LogP contribution in [0.15, 0.2) is 0 Å². The van der Waals surface area contributed by atoms with Gasteiger partial charge >= 0.3 is 13.8 Å². The van der Waals surface area contributed by atoms with Crippen LogP contribution in [0.2, 0.25) is 0 Å². The first-order valence-electron chi connectivity index (χ1n) is 6.18. The monoisotopic (exact) mass is 310 g/mol. The average Bonchev–Trinajstić information content (AvgIpc) is 2.77. The number of hydrogen-bond donors (Lipinski definition) is 0. The van der Waals surface area contributed by atoms with Gasteiger partial charge in [-0.1, -0.05) is 13.3 Å². The number of rotatable bonds is 10. The summed E-state index contributed by atoms with van der Waals surface area (Å²) in [5, 5.41) is 0.378. The predicted octanol–water partition coefficient (Wildman–Crippen LogP) is 3.28. The van der Waals surface area contributed by atoms with E-state index < -0.39 is 7.82 Å². The van der Waals surface area contributed by atoms with Crippen LogP contribution in [0.4, 0.5) is 0 Å². The average molecular weight is 310 g/mol. The van der Waals surface area contributed by atoms with Crippen LogP contribution in [-0.4, -0.2) is 29.2 Å². The fraction of sp³-hybridized carbons (Fsp3) is 0.800. The van der Waals surface area contributed by atoms with Crippen molar-refractivity contribution in [2.45, 2.75) is 33.6 Å². The lowest BCUT2D eigenvalue weighted by atomic mass is 10.4. The van der Waals surface area contributed by atoms with Crippen LogP contribution >= 0.6 is 19.4 Å². The highest BCUT2D eigenvalue weighted by Gasteiger charge is 2.29. The van der Waals surface area contributed by atoms with Gasteiger partial charge in [-0.25, -0.2) is 4.57 Å². The van der Waals surface area contributed by atoms with Gasteiger partial charge in [0.05, 0.1) is 19.8 Å². The van der Waals surface area contributed by atoms with E-state index in [1.165, 1.54) is 0 Å². The Balaban J connectivity index is 2.57. The van der Waals surface area contributed by atoms with E-state index in [4.69, 9.17) is 18.3 Å². The Bertz CT molecular complexity index is 404. The van der Waals surface area contributed by atoms with Gasteiger partial charge in [0.1, 0.15) is 0 Å². The largest absolute Gasteiger partial charge is 0.532 e. The van der Waals surface area contributed by atoms with Gasteiger partial charge in [0, 0.05) is 11.5 Å². The highest BCUT2D eigenvalue weighted by Crippen LogP contribution is 2.48. The molecule has 0 N–H and O–H groups in total. The van der Waals surface area contributed by atoms with Crippen molar-refractivity contribution in [2.24, 2.45) is 0 Å². The van der Waals surface area contributed by atoms with Crippen LogP contribution in [-0.2, 0) is 13.6 Å². The van der Waals surface area contributed by atoms with Crippen LogP contribution in [0.1, 0.15) is 33.6 Å². The summed E-state index contributed by atoms with van der Waals surface area (Å²) in [7, 11) is -3.63. The molecule has 0 amide bonds. The molecule has 0 fully saturated rings. The van der Waals surface area contributed by atoms with Gasteiger partial charge in [0.25, 0.3) is 5.19 Å². The van der Waals surface area contributed by atoms with E-state index >= 15 is 0 Å². The first-order chi connectivity index (χ1) is 9.13. The van der Waals surface area contributed by atoms with Gasteiger partial charge in [-0.05, 0) is 20.3 Å². The first kappa shape index (κ1) is 16.4. The number of hydrogen-bond acceptors (Lipinski definition) is 8. The smallest absolute Gasteiger partial charge is 0.469 e. The summed E-state index contributed by atoms with van der Waals surface area (Å²) in [5.41, 5.74) is 0. The van der Waals surface area contributed by atoms with E-state index in [0.717, 1.165) is 24.4 Å². The van der Waals surface area contributed by atoms with Crippen molar-refractivity contribution in [3.63, 3.8) is 0 Å². The molecule has 19 heavy (non-hydrogen) atoms. The lowest BCUT2D eigenvalue weighted by Gasteiger charge is -2.14. The van der Waals surface area contributed by atoms with Crippen molar-refractivity contribution in [2.75, 3.05) is 19.8 Å². The van der Waals surface area contributed by atoms with E-state index in [-0.39, 0.29) is 19.2 Å². The molecule has 7 nitrogen and oxygen atoms in total. The molecule has 0 radical (unpaired) electrons. The first-order valence-corrected chi connectivity index (χ1v) is 8.42. The maximum atomic E-state index is 12.1. The molecule has 0 aliphatic rings. The van der Waals surface area contributed by atoms with Crippen molar-refractivity contribution in [1.29, 1.82) is 0 Å². The number of aromatic nitrogens is 2. The maximum absolute atomic E-state index is 12.1. The quantitative estimate of drug-likeness (QED) is 0.484. The third-order valence-corrected chi connectivity index (χ3v) is 4.03. The highest BCUT2D eigenvalue weighted by atomic mass is 32.1. The van der Waals surface area contributed by atoms with E-state index in [1.54, 1.807) is 13.8 Å². The fourth-order valence-electron chi connectivity index (χ4n) is 1.10. The zero-order valence-electron chi connectivity index (χ0n) is 11.3. The van der Waals surface area contributed by atoms with Crippen molar-refractivity contribution in [3.8, 4) is 11.2 Å². The minimum absolute atomic E-state index is 0.0540. The number of unbranched alkanes of at least 4 members (excludes halogenated alkanes) is 1. The van der Waals surface area contributed by atoms with Crippen LogP contribution in [0.25, 0.3) is 0 Å². The summed E-state index contributed by atoms with van der Waals surface area (Å²) < 4.78 is 36.4. The summed E-state index contributed by atoms with van der Waals surface area (Å²) in [6.45, 7) is 6.45. The normalized spacial score (nSPS) is 11.5. The van der Waals surface area contributed by atoms with Crippen LogP contribution in [0, 0.1) is 0 Å². The number of phosphoric ester groups is 1. The van der Waals surface area contributed by atoms with Crippen molar-refractivity contribution >= 4 is 19.4 Å². The Morgan fingerprint density at radius 1 is 1.21 bits per heavy atom. The molecule has 110 valence electrons. The Labute approximate surface area is 117 Å². The van der Waals surface area contributed by atoms with E-state index in [9.17, 15) is 4.57 Å². The molecule has 1 aromatic rings. The molecular weight excluding hydrogens is 291 g/mol. The fourth-order valence-corrected chi connectivity index (χ4v) is 2.74. The van der Waals surface area contributed by atoms with Gasteiger partial charge in [-0.3, -0.25) is 9.05 Å². The van der Waals surface area contributed by atoms with Crippen LogP contribution < -0.4 is 9.26 Å². The molecule has 1 rings (SSSR count). The van der Waals surface area contributed by atoms with E-state index in [2.05, 4.69) is 16.3 Å². The van der Waals surface area contributed by atoms with Crippen LogP contribution in [0.3, 0.4) is 0 Å². The van der Waals surface area contributed by atoms with Gasteiger partial charge in [-0.2, -0.15) is 0 Å². The predicted molar refractivity (Wildman–Crippen MR) is 71.8 cm³/mol. The minimum Gasteiger partial charge on any atom is -0.469 e. The van der Waals surface area contributed by atoms with Gasteiger partial charge in [0.15, 0.2) is 0 Å². The highest BCUT2D eigenvalue weighted by molar-refractivity contribution is 7.48. The Morgan fingerprint density at radius 3 is 2.47 bits per heavy atom. The third kappa shape index (κ3) is 5.86. The van der Waals surface area contributed by atoms with Crippen LogP contribution in [0.5, 0.6) is 11.2 Å². The molecular formula is C10H19N2O5PS. The SMILES string of the molecule is CCCCOc1nc(OP(=O)(OCC)OCC)ns1. The lowest BCUT2D eigenvalue weighted by Crippen LogP contribution is -2.03. The summed E-state index contributed by atoms with van der Waals surface area (Å²) >= 11 is 1.04. The lowest BCUT2D eigenvalue weighted by molar-refractivity contribution is 0.164. The van der Waals surface area contributed by atoms with Crippen molar-refractivity contribution in [1.82, 2.24) is 9.36 Å². The Kier molecular flexibility index (Phi) is 7.30. The molecule has 0 aliphatic heterocycles. The summed E-state index contributed by atoms with van der Waals surface area (Å²) in [5.74, 6) is 0. The third-order valence-electron chi connectivity index (χ3n) is 1.88. The second-order valence-corrected chi connectivity index (χ2v) is 5.73. The maximum Gasteiger partial charge on any atom is 0.532 e. The molecule has 1 aromatic heterocycles. The van der Waals surface area contributed by atoms with Crippen molar-refractivity contribution < 1.29 is 22.9 Å². The standard InChI is InChI=1S/C10H19N2O5PS/c1-4-7-8-14-10-11-9(12-19-10)17-18(13,15-5-2)16-6-3/h4-8H2,1-3H3. The molecule has 0 saturated heterocycles. The van der Waals surface area contributed by atoms with Crippen molar-refractivity contribution in [3.05, 3.63) is 0 Å². The molecule has 0 aliphatic carbocycles. The second-order valence-electron chi connectivity index (χ2n) is 3.42. The van der Waals surface area contributed by atoms with Gasteiger partial charge in [-0.15, -0.1) is 9.36 Å². The minimum atomic E-state index is -3.63. The summed E-state index contributed by atoms with van der Waals surface area (Å²) in [6, 6.07) is -0.0540. The molecule has 0 saturated carbocycles. The van der Waals surface area contributed by atoms with E-state index in [0.29, 0.717) is 11.8 Å². The molecule has 0 bridgehead atoms. The molecule has 1 heterocycles. The molecule has 9 heteroatoms. The molecule has 0 spiro atoms. The van der Waals surface area contributed by atoms with E-state index in [1.807, 2.05) is 0 Å². The molecule has 0 aromatic carbocycles. The Hall–Kier alpha value is -0.690. The second kappa shape index (κ2) is 8.47. The summed E-state index contributed by atoms with van der Waals surface area (Å²) in [6.07, 6.45) is 1.97. The zero-order valence-corrected chi connectivity index (χ0v) is 13.0. The zero-order chi connectivity index (χ0) is 14.1. The number of phosphoric acid groups is 1. The summed E-state index contributed by atoms with van der Waals surface area (Å²) in [4.78, 5) is 3.96. The number of ether oxygens (including phenoxy) is 1. The molecule has 0 atom stereocenters. The molecule has 0 unspecified atom stereocenters. The van der Waals surface area contributed by atoms with Gasteiger partial charge < -0.3 is 9.26 Å². The Morgan fingerprint density at radius 2 is 1.89 bits per heavy atom.